The molecule has 0 heterocycles. The van der Waals surface area contributed by atoms with Gasteiger partial charge in [-0.15, -0.1) is 0 Å². The molecule has 0 aliphatic heterocycles. The number of hydrogen-bond acceptors (Lipinski definition) is 4. The lowest BCUT2D eigenvalue weighted by atomic mass is 9.64. The first-order valence-electron chi connectivity index (χ1n) is 7.10. The number of rotatable bonds is 5. The van der Waals surface area contributed by atoms with Gasteiger partial charge < -0.3 is 14.8 Å². The second kappa shape index (κ2) is 6.12. The Morgan fingerprint density at radius 2 is 1.85 bits per heavy atom. The van der Waals surface area contributed by atoms with Crippen LogP contribution in [0.15, 0.2) is 0 Å². The van der Waals surface area contributed by atoms with Crippen molar-refractivity contribution in [3.63, 3.8) is 0 Å². The predicted molar refractivity (Wildman–Crippen MR) is 76.2 cm³/mol. The quantitative estimate of drug-likeness (QED) is 0.785. The Hall–Kier alpha value is -1.10. The number of carbonyl (C=O) groups is 2. The Labute approximate surface area is 121 Å². The molecule has 2 unspecified atom stereocenters. The van der Waals surface area contributed by atoms with E-state index >= 15 is 0 Å². The molecule has 5 nitrogen and oxygen atoms in total. The van der Waals surface area contributed by atoms with Crippen LogP contribution in [-0.4, -0.2) is 36.7 Å². The molecule has 2 atom stereocenters. The van der Waals surface area contributed by atoms with Crippen LogP contribution in [0.2, 0.25) is 0 Å². The second-order valence-corrected chi connectivity index (χ2v) is 6.99. The molecule has 1 saturated carbocycles. The summed E-state index contributed by atoms with van der Waals surface area (Å²) in [4.78, 5) is 23.4. The van der Waals surface area contributed by atoms with E-state index in [-0.39, 0.29) is 42.3 Å². The highest BCUT2D eigenvalue weighted by Gasteiger charge is 2.49. The fourth-order valence-corrected chi connectivity index (χ4v) is 2.40. The fourth-order valence-electron chi connectivity index (χ4n) is 2.40. The summed E-state index contributed by atoms with van der Waals surface area (Å²) in [6, 6.07) is 0.110. The molecule has 0 radical (unpaired) electrons. The highest BCUT2D eigenvalue weighted by atomic mass is 16.6. The first-order valence-corrected chi connectivity index (χ1v) is 7.10. The topological polar surface area (TPSA) is 64.6 Å². The number of nitrogens with one attached hydrogen (secondary N) is 1. The van der Waals surface area contributed by atoms with E-state index < -0.39 is 5.60 Å². The minimum Gasteiger partial charge on any atom is -0.460 e. The normalized spacial score (nSPS) is 24.7. The molecular formula is C15H27NO4. The zero-order valence-electron chi connectivity index (χ0n) is 13.4. The van der Waals surface area contributed by atoms with Crippen molar-refractivity contribution < 1.29 is 19.1 Å². The van der Waals surface area contributed by atoms with Gasteiger partial charge in [-0.05, 0) is 27.2 Å². The number of methoxy groups -OCH3 is 1. The molecule has 0 bridgehead atoms. The van der Waals surface area contributed by atoms with Crippen molar-refractivity contribution in [3.8, 4) is 0 Å². The average Bonchev–Trinajstić information content (AvgIpc) is 2.29. The average molecular weight is 285 g/mol. The van der Waals surface area contributed by atoms with Crippen molar-refractivity contribution in [2.45, 2.75) is 71.6 Å². The molecule has 20 heavy (non-hydrogen) atoms. The zero-order valence-corrected chi connectivity index (χ0v) is 13.4. The van der Waals surface area contributed by atoms with Crippen LogP contribution in [0.1, 0.15) is 53.9 Å². The first-order chi connectivity index (χ1) is 9.06. The van der Waals surface area contributed by atoms with E-state index in [9.17, 15) is 9.59 Å². The van der Waals surface area contributed by atoms with Gasteiger partial charge in [-0.25, -0.2) is 0 Å². The van der Waals surface area contributed by atoms with Crippen molar-refractivity contribution in [2.75, 3.05) is 7.11 Å². The molecule has 0 spiro atoms. The Balaban J connectivity index is 2.30. The molecule has 1 amide bonds. The van der Waals surface area contributed by atoms with Crippen molar-refractivity contribution in [2.24, 2.45) is 5.41 Å². The molecule has 1 rings (SSSR count). The van der Waals surface area contributed by atoms with E-state index in [0.717, 1.165) is 6.42 Å². The van der Waals surface area contributed by atoms with Crippen LogP contribution >= 0.6 is 0 Å². The van der Waals surface area contributed by atoms with Crippen molar-refractivity contribution in [3.05, 3.63) is 0 Å². The molecular weight excluding hydrogens is 258 g/mol. The van der Waals surface area contributed by atoms with Gasteiger partial charge in [0.25, 0.3) is 0 Å². The van der Waals surface area contributed by atoms with E-state index in [1.807, 2.05) is 20.8 Å². The summed E-state index contributed by atoms with van der Waals surface area (Å²) in [6.07, 6.45) is 1.28. The van der Waals surface area contributed by atoms with E-state index in [4.69, 9.17) is 9.47 Å². The third-order valence-electron chi connectivity index (χ3n) is 3.77. The maximum Gasteiger partial charge on any atom is 0.306 e. The van der Waals surface area contributed by atoms with Crippen molar-refractivity contribution in [1.82, 2.24) is 5.32 Å². The SMILES string of the molecule is COC1CC(NC(=O)CCC(=O)OC(C)(C)C)C1(C)C. The Kier molecular flexibility index (Phi) is 5.19. The van der Waals surface area contributed by atoms with Gasteiger partial charge in [0.2, 0.25) is 5.91 Å². The predicted octanol–water partition coefficient (Wildman–Crippen LogP) is 2.04. The van der Waals surface area contributed by atoms with Crippen LogP contribution in [0.3, 0.4) is 0 Å². The minimum atomic E-state index is -0.505. The van der Waals surface area contributed by atoms with Gasteiger partial charge in [-0.2, -0.15) is 0 Å². The van der Waals surface area contributed by atoms with Crippen LogP contribution in [0.4, 0.5) is 0 Å². The van der Waals surface area contributed by atoms with Gasteiger partial charge in [-0.3, -0.25) is 9.59 Å². The molecule has 1 fully saturated rings. The van der Waals surface area contributed by atoms with Gasteiger partial charge in [0.1, 0.15) is 5.60 Å². The van der Waals surface area contributed by atoms with E-state index in [2.05, 4.69) is 19.2 Å². The van der Waals surface area contributed by atoms with Gasteiger partial charge in [-0.1, -0.05) is 13.8 Å². The Bertz CT molecular complexity index is 371. The largest absolute Gasteiger partial charge is 0.460 e. The summed E-state index contributed by atoms with van der Waals surface area (Å²) in [5.41, 5.74) is -0.564. The van der Waals surface area contributed by atoms with Crippen LogP contribution in [-0.2, 0) is 19.1 Å². The lowest BCUT2D eigenvalue weighted by molar-refractivity contribution is -0.156. The van der Waals surface area contributed by atoms with Crippen LogP contribution < -0.4 is 5.32 Å². The number of hydrogen-bond donors (Lipinski definition) is 1. The highest BCUT2D eigenvalue weighted by molar-refractivity contribution is 5.81. The number of ether oxygens (including phenoxy) is 2. The van der Waals surface area contributed by atoms with Crippen molar-refractivity contribution in [1.29, 1.82) is 0 Å². The minimum absolute atomic E-state index is 0.0592. The van der Waals surface area contributed by atoms with E-state index in [0.29, 0.717) is 0 Å². The smallest absolute Gasteiger partial charge is 0.306 e. The molecule has 0 aromatic heterocycles. The standard InChI is InChI=1S/C15H27NO4/c1-14(2,3)20-13(18)8-7-12(17)16-10-9-11(19-6)15(10,4)5/h10-11H,7-9H2,1-6H3,(H,16,17). The van der Waals surface area contributed by atoms with Crippen LogP contribution in [0.25, 0.3) is 0 Å². The van der Waals surface area contributed by atoms with Crippen molar-refractivity contribution >= 4 is 11.9 Å². The van der Waals surface area contributed by atoms with E-state index in [1.165, 1.54) is 0 Å². The fraction of sp³-hybridized carbons (Fsp3) is 0.867. The number of esters is 1. The van der Waals surface area contributed by atoms with Gasteiger partial charge in [0, 0.05) is 25.0 Å². The van der Waals surface area contributed by atoms with Gasteiger partial charge in [0.15, 0.2) is 0 Å². The second-order valence-electron chi connectivity index (χ2n) is 6.99. The lowest BCUT2D eigenvalue weighted by Crippen LogP contribution is -2.61. The lowest BCUT2D eigenvalue weighted by Gasteiger charge is -2.51. The summed E-state index contributed by atoms with van der Waals surface area (Å²) < 4.78 is 10.5. The molecule has 116 valence electrons. The third kappa shape index (κ3) is 4.47. The monoisotopic (exact) mass is 285 g/mol. The summed E-state index contributed by atoms with van der Waals surface area (Å²) in [6.45, 7) is 9.58. The maximum atomic E-state index is 11.8. The Morgan fingerprint density at radius 3 is 2.30 bits per heavy atom. The maximum absolute atomic E-state index is 11.8. The molecule has 0 aromatic carbocycles. The van der Waals surface area contributed by atoms with Gasteiger partial charge >= 0.3 is 5.97 Å². The summed E-state index contributed by atoms with van der Waals surface area (Å²) >= 11 is 0. The van der Waals surface area contributed by atoms with Crippen LogP contribution in [0.5, 0.6) is 0 Å². The molecule has 1 N–H and O–H groups in total. The number of amides is 1. The molecule has 0 aromatic rings. The molecule has 1 aliphatic carbocycles. The number of carbonyl (C=O) groups excluding carboxylic acids is 2. The summed E-state index contributed by atoms with van der Waals surface area (Å²) in [5, 5.41) is 2.96. The third-order valence-corrected chi connectivity index (χ3v) is 3.77. The van der Waals surface area contributed by atoms with E-state index in [1.54, 1.807) is 7.11 Å². The van der Waals surface area contributed by atoms with Crippen LogP contribution in [0, 0.1) is 5.41 Å². The summed E-state index contributed by atoms with van der Waals surface area (Å²) in [5.74, 6) is -0.446. The molecule has 1 aliphatic rings. The Morgan fingerprint density at radius 1 is 1.25 bits per heavy atom. The molecule has 0 saturated heterocycles. The highest BCUT2D eigenvalue weighted by Crippen LogP contribution is 2.42. The van der Waals surface area contributed by atoms with Gasteiger partial charge in [0.05, 0.1) is 12.5 Å². The zero-order chi connectivity index (χ0) is 15.6. The first kappa shape index (κ1) is 17.0. The molecule has 5 heteroatoms. The summed E-state index contributed by atoms with van der Waals surface area (Å²) in [7, 11) is 1.69.